The molecule has 0 aliphatic carbocycles. The number of nitrogens with zero attached hydrogens (tertiary/aromatic N) is 2. The molecule has 2 N–H and O–H groups in total. The molecule has 4 nitrogen and oxygen atoms in total. The molecule has 0 aliphatic rings. The monoisotopic (exact) mass is 270 g/mol. The van der Waals surface area contributed by atoms with Crippen LogP contribution in [0.25, 0.3) is 10.6 Å². The van der Waals surface area contributed by atoms with Crippen LogP contribution in [0.15, 0.2) is 42.2 Å². The topological polar surface area (TPSA) is 53.6 Å². The van der Waals surface area contributed by atoms with E-state index in [0.717, 1.165) is 34.2 Å². The van der Waals surface area contributed by atoms with Crippen LogP contribution in [-0.2, 0) is 6.54 Å². The molecule has 19 heavy (non-hydrogen) atoms. The Kier molecular flexibility index (Phi) is 3.29. The van der Waals surface area contributed by atoms with E-state index >= 15 is 0 Å². The number of aryl methyl sites for hydroxylation is 1. The molecule has 5 heteroatoms. The van der Waals surface area contributed by atoms with Crippen molar-refractivity contribution in [1.82, 2.24) is 15.0 Å². The highest BCUT2D eigenvalue weighted by molar-refractivity contribution is 7.13. The SMILES string of the molecule is Cc1[nH]cnc1CNc1cccc(-c2nccs2)c1. The Morgan fingerprint density at radius 2 is 2.26 bits per heavy atom. The highest BCUT2D eigenvalue weighted by Gasteiger charge is 2.03. The lowest BCUT2D eigenvalue weighted by atomic mass is 10.2. The van der Waals surface area contributed by atoms with Crippen molar-refractivity contribution >= 4 is 17.0 Å². The zero-order chi connectivity index (χ0) is 13.1. The molecule has 1 aromatic carbocycles. The lowest BCUT2D eigenvalue weighted by molar-refractivity contribution is 1.05. The van der Waals surface area contributed by atoms with Crippen molar-refractivity contribution in [2.75, 3.05) is 5.32 Å². The van der Waals surface area contributed by atoms with Crippen LogP contribution >= 0.6 is 11.3 Å². The van der Waals surface area contributed by atoms with E-state index in [-0.39, 0.29) is 0 Å². The number of rotatable bonds is 4. The number of imidazole rings is 1. The molecule has 0 saturated carbocycles. The molecule has 2 heterocycles. The molecule has 2 aromatic heterocycles. The number of hydrogen-bond acceptors (Lipinski definition) is 4. The molecule has 0 bridgehead atoms. The largest absolute Gasteiger partial charge is 0.379 e. The average Bonchev–Trinajstić information content (AvgIpc) is 3.08. The van der Waals surface area contributed by atoms with Gasteiger partial charge in [0.05, 0.1) is 18.6 Å². The van der Waals surface area contributed by atoms with Crippen molar-refractivity contribution in [2.45, 2.75) is 13.5 Å². The zero-order valence-electron chi connectivity index (χ0n) is 10.6. The lowest BCUT2D eigenvalue weighted by Crippen LogP contribution is -2.01. The molecule has 3 aromatic rings. The van der Waals surface area contributed by atoms with Crippen LogP contribution in [0.1, 0.15) is 11.4 Å². The Morgan fingerprint density at radius 3 is 3.00 bits per heavy atom. The van der Waals surface area contributed by atoms with Crippen molar-refractivity contribution in [3.8, 4) is 10.6 Å². The first-order valence-corrected chi connectivity index (χ1v) is 6.93. The average molecular weight is 270 g/mol. The smallest absolute Gasteiger partial charge is 0.123 e. The second-order valence-corrected chi connectivity index (χ2v) is 5.14. The summed E-state index contributed by atoms with van der Waals surface area (Å²) in [5.74, 6) is 0. The van der Waals surface area contributed by atoms with Gasteiger partial charge in [-0.2, -0.15) is 0 Å². The van der Waals surface area contributed by atoms with E-state index in [2.05, 4.69) is 38.5 Å². The van der Waals surface area contributed by atoms with Crippen LogP contribution in [0.3, 0.4) is 0 Å². The highest BCUT2D eigenvalue weighted by atomic mass is 32.1. The second-order valence-electron chi connectivity index (χ2n) is 4.25. The predicted molar refractivity (Wildman–Crippen MR) is 78.2 cm³/mol. The molecule has 0 radical (unpaired) electrons. The predicted octanol–water partition coefficient (Wildman–Crippen LogP) is 3.45. The Balaban J connectivity index is 1.75. The molecule has 0 spiro atoms. The lowest BCUT2D eigenvalue weighted by Gasteiger charge is -2.06. The fourth-order valence-electron chi connectivity index (χ4n) is 1.88. The maximum atomic E-state index is 4.33. The molecule has 96 valence electrons. The molecular formula is C14H14N4S. The van der Waals surface area contributed by atoms with Gasteiger partial charge in [-0.1, -0.05) is 12.1 Å². The van der Waals surface area contributed by atoms with Gasteiger partial charge in [0.25, 0.3) is 0 Å². The number of nitrogens with one attached hydrogen (secondary N) is 2. The molecule has 0 atom stereocenters. The minimum atomic E-state index is 0.719. The second kappa shape index (κ2) is 5.24. The van der Waals surface area contributed by atoms with Crippen molar-refractivity contribution in [1.29, 1.82) is 0 Å². The minimum Gasteiger partial charge on any atom is -0.379 e. The van der Waals surface area contributed by atoms with E-state index in [1.165, 1.54) is 0 Å². The van der Waals surface area contributed by atoms with Crippen LogP contribution in [0.5, 0.6) is 0 Å². The van der Waals surface area contributed by atoms with Crippen molar-refractivity contribution in [3.63, 3.8) is 0 Å². The van der Waals surface area contributed by atoms with Crippen molar-refractivity contribution in [3.05, 3.63) is 53.6 Å². The first-order valence-electron chi connectivity index (χ1n) is 6.05. The standard InChI is InChI=1S/C14H14N4S/c1-10-13(18-9-17-10)8-16-12-4-2-3-11(7-12)14-15-5-6-19-14/h2-7,9,16H,8H2,1H3,(H,17,18). The Morgan fingerprint density at radius 1 is 1.32 bits per heavy atom. The minimum absolute atomic E-state index is 0.719. The van der Waals surface area contributed by atoms with Gasteiger partial charge in [-0.05, 0) is 19.1 Å². The summed E-state index contributed by atoms with van der Waals surface area (Å²) < 4.78 is 0. The summed E-state index contributed by atoms with van der Waals surface area (Å²) in [6.45, 7) is 2.74. The summed E-state index contributed by atoms with van der Waals surface area (Å²) in [6.07, 6.45) is 3.55. The number of benzene rings is 1. The molecule has 0 saturated heterocycles. The number of aromatic nitrogens is 3. The maximum absolute atomic E-state index is 4.33. The maximum Gasteiger partial charge on any atom is 0.123 e. The van der Waals surface area contributed by atoms with Crippen LogP contribution in [0.4, 0.5) is 5.69 Å². The van der Waals surface area contributed by atoms with E-state index in [1.807, 2.05) is 24.6 Å². The van der Waals surface area contributed by atoms with Crippen LogP contribution in [0.2, 0.25) is 0 Å². The molecule has 3 rings (SSSR count). The number of thiazole rings is 1. The summed E-state index contributed by atoms with van der Waals surface area (Å²) >= 11 is 1.65. The van der Waals surface area contributed by atoms with Crippen LogP contribution in [-0.4, -0.2) is 15.0 Å². The molecule has 0 aliphatic heterocycles. The van der Waals surface area contributed by atoms with Gasteiger partial charge in [0.15, 0.2) is 0 Å². The Bertz CT molecular complexity index is 658. The fourth-order valence-corrected chi connectivity index (χ4v) is 2.51. The van der Waals surface area contributed by atoms with Gasteiger partial charge in [-0.3, -0.25) is 0 Å². The van der Waals surface area contributed by atoms with Crippen LogP contribution < -0.4 is 5.32 Å². The molecule has 0 amide bonds. The highest BCUT2D eigenvalue weighted by Crippen LogP contribution is 2.24. The summed E-state index contributed by atoms with van der Waals surface area (Å²) in [4.78, 5) is 11.7. The van der Waals surface area contributed by atoms with Gasteiger partial charge in [0, 0.05) is 28.5 Å². The first kappa shape index (κ1) is 11.9. The molecule has 0 fully saturated rings. The van der Waals surface area contributed by atoms with Crippen molar-refractivity contribution in [2.24, 2.45) is 0 Å². The van der Waals surface area contributed by atoms with Crippen LogP contribution in [0, 0.1) is 6.92 Å². The number of anilines is 1. The van der Waals surface area contributed by atoms with Gasteiger partial charge in [-0.15, -0.1) is 11.3 Å². The van der Waals surface area contributed by atoms with E-state index in [9.17, 15) is 0 Å². The third-order valence-corrected chi connectivity index (χ3v) is 3.76. The van der Waals surface area contributed by atoms with E-state index in [4.69, 9.17) is 0 Å². The third kappa shape index (κ3) is 2.66. The normalized spacial score (nSPS) is 10.6. The molecular weight excluding hydrogens is 256 g/mol. The van der Waals surface area contributed by atoms with E-state index in [1.54, 1.807) is 17.7 Å². The first-order chi connectivity index (χ1) is 9.33. The summed E-state index contributed by atoms with van der Waals surface area (Å²) in [5.41, 5.74) is 4.36. The van der Waals surface area contributed by atoms with Crippen molar-refractivity contribution < 1.29 is 0 Å². The number of H-pyrrole nitrogens is 1. The van der Waals surface area contributed by atoms with Gasteiger partial charge < -0.3 is 10.3 Å². The summed E-state index contributed by atoms with van der Waals surface area (Å²) in [6, 6.07) is 8.28. The van der Waals surface area contributed by atoms with E-state index in [0.29, 0.717) is 0 Å². The Hall–Kier alpha value is -2.14. The van der Waals surface area contributed by atoms with Gasteiger partial charge >= 0.3 is 0 Å². The fraction of sp³-hybridized carbons (Fsp3) is 0.143. The van der Waals surface area contributed by atoms with Gasteiger partial charge in [-0.25, -0.2) is 9.97 Å². The Labute approximate surface area is 115 Å². The quantitative estimate of drug-likeness (QED) is 0.763. The third-order valence-electron chi connectivity index (χ3n) is 2.94. The van der Waals surface area contributed by atoms with Gasteiger partial charge in [0.2, 0.25) is 0 Å². The number of aromatic amines is 1. The summed E-state index contributed by atoms with van der Waals surface area (Å²) in [5, 5.41) is 6.41. The number of hydrogen-bond donors (Lipinski definition) is 2. The molecule has 0 unspecified atom stereocenters. The van der Waals surface area contributed by atoms with E-state index < -0.39 is 0 Å². The van der Waals surface area contributed by atoms with Gasteiger partial charge in [0.1, 0.15) is 5.01 Å². The summed E-state index contributed by atoms with van der Waals surface area (Å²) in [7, 11) is 0. The zero-order valence-corrected chi connectivity index (χ0v) is 11.4.